The second kappa shape index (κ2) is 5.56. The Balaban J connectivity index is 1.99. The van der Waals surface area contributed by atoms with Gasteiger partial charge in [0.1, 0.15) is 5.82 Å². The van der Waals surface area contributed by atoms with Crippen molar-refractivity contribution in [1.29, 1.82) is 0 Å². The molecule has 94 valence electrons. The van der Waals surface area contributed by atoms with E-state index in [0.29, 0.717) is 11.6 Å². The third-order valence-corrected chi connectivity index (χ3v) is 3.36. The van der Waals surface area contributed by atoms with E-state index in [0.717, 1.165) is 31.9 Å². The minimum atomic E-state index is -0.667. The highest BCUT2D eigenvalue weighted by Gasteiger charge is 2.29. The SMILES string of the molecule is CCC[C@@H]1CC[C@H](C(O)c2cncc(F)c2)N1. The van der Waals surface area contributed by atoms with Crippen molar-refractivity contribution in [2.24, 2.45) is 0 Å². The topological polar surface area (TPSA) is 45.2 Å². The monoisotopic (exact) mass is 238 g/mol. The van der Waals surface area contributed by atoms with Gasteiger partial charge in [0.25, 0.3) is 0 Å². The highest BCUT2D eigenvalue weighted by Crippen LogP contribution is 2.26. The molecule has 0 radical (unpaired) electrons. The molecule has 0 saturated carbocycles. The van der Waals surface area contributed by atoms with Crippen LogP contribution in [0.1, 0.15) is 44.3 Å². The summed E-state index contributed by atoms with van der Waals surface area (Å²) in [7, 11) is 0. The van der Waals surface area contributed by atoms with Gasteiger partial charge in [0.2, 0.25) is 0 Å². The molecule has 0 spiro atoms. The molecule has 2 heterocycles. The van der Waals surface area contributed by atoms with E-state index in [-0.39, 0.29) is 6.04 Å². The lowest BCUT2D eigenvalue weighted by atomic mass is 10.0. The molecule has 3 nitrogen and oxygen atoms in total. The van der Waals surface area contributed by atoms with Gasteiger partial charge in [-0.3, -0.25) is 4.98 Å². The van der Waals surface area contributed by atoms with Crippen LogP contribution >= 0.6 is 0 Å². The van der Waals surface area contributed by atoms with Gasteiger partial charge in [-0.05, 0) is 25.3 Å². The smallest absolute Gasteiger partial charge is 0.141 e. The van der Waals surface area contributed by atoms with Crippen molar-refractivity contribution in [1.82, 2.24) is 10.3 Å². The number of aliphatic hydroxyl groups excluding tert-OH is 1. The van der Waals surface area contributed by atoms with Crippen molar-refractivity contribution in [3.8, 4) is 0 Å². The molecular weight excluding hydrogens is 219 g/mol. The van der Waals surface area contributed by atoms with Crippen LogP contribution in [0.15, 0.2) is 18.5 Å². The van der Waals surface area contributed by atoms with Crippen LogP contribution in [0, 0.1) is 5.82 Å². The molecule has 17 heavy (non-hydrogen) atoms. The van der Waals surface area contributed by atoms with Gasteiger partial charge in [-0.15, -0.1) is 0 Å². The molecule has 0 bridgehead atoms. The normalized spacial score (nSPS) is 26.1. The summed E-state index contributed by atoms with van der Waals surface area (Å²) >= 11 is 0. The van der Waals surface area contributed by atoms with Crippen molar-refractivity contribution in [2.75, 3.05) is 0 Å². The maximum Gasteiger partial charge on any atom is 0.141 e. The Morgan fingerprint density at radius 2 is 2.35 bits per heavy atom. The molecule has 0 amide bonds. The van der Waals surface area contributed by atoms with Crippen molar-refractivity contribution in [3.05, 3.63) is 29.8 Å². The van der Waals surface area contributed by atoms with Gasteiger partial charge in [0.05, 0.1) is 12.3 Å². The van der Waals surface area contributed by atoms with Crippen LogP contribution in [-0.2, 0) is 0 Å². The Kier molecular flexibility index (Phi) is 4.07. The number of aromatic nitrogens is 1. The number of aliphatic hydroxyl groups is 1. The first-order valence-corrected chi connectivity index (χ1v) is 6.25. The van der Waals surface area contributed by atoms with Crippen LogP contribution in [0.5, 0.6) is 0 Å². The Hall–Kier alpha value is -1.00. The summed E-state index contributed by atoms with van der Waals surface area (Å²) in [6, 6.07) is 1.86. The van der Waals surface area contributed by atoms with Crippen molar-refractivity contribution >= 4 is 0 Å². The predicted molar refractivity (Wildman–Crippen MR) is 64.0 cm³/mol. The first-order valence-electron chi connectivity index (χ1n) is 6.25. The van der Waals surface area contributed by atoms with E-state index >= 15 is 0 Å². The lowest BCUT2D eigenvalue weighted by Crippen LogP contribution is -2.34. The zero-order valence-corrected chi connectivity index (χ0v) is 10.1. The molecule has 1 aromatic rings. The molecular formula is C13H19FN2O. The zero-order chi connectivity index (χ0) is 12.3. The van der Waals surface area contributed by atoms with Crippen molar-refractivity contribution in [3.63, 3.8) is 0 Å². The predicted octanol–water partition coefficient (Wildman–Crippen LogP) is 2.17. The molecule has 3 atom stereocenters. The molecule has 2 N–H and O–H groups in total. The maximum atomic E-state index is 13.0. The highest BCUT2D eigenvalue weighted by molar-refractivity contribution is 5.16. The summed E-state index contributed by atoms with van der Waals surface area (Å²) in [6.45, 7) is 2.15. The van der Waals surface area contributed by atoms with Crippen LogP contribution in [0.4, 0.5) is 4.39 Å². The summed E-state index contributed by atoms with van der Waals surface area (Å²) in [4.78, 5) is 3.77. The van der Waals surface area contributed by atoms with Crippen LogP contribution in [0.2, 0.25) is 0 Å². The van der Waals surface area contributed by atoms with Gasteiger partial charge in [0, 0.05) is 23.8 Å². The fourth-order valence-electron chi connectivity index (χ4n) is 2.50. The summed E-state index contributed by atoms with van der Waals surface area (Å²) in [5, 5.41) is 13.6. The average Bonchev–Trinajstić information content (AvgIpc) is 2.77. The van der Waals surface area contributed by atoms with E-state index in [4.69, 9.17) is 0 Å². The Bertz CT molecular complexity index is 372. The molecule has 1 aromatic heterocycles. The van der Waals surface area contributed by atoms with Gasteiger partial charge >= 0.3 is 0 Å². The van der Waals surface area contributed by atoms with Gasteiger partial charge in [-0.2, -0.15) is 0 Å². The lowest BCUT2D eigenvalue weighted by Gasteiger charge is -2.20. The number of hydrogen-bond acceptors (Lipinski definition) is 3. The molecule has 1 unspecified atom stereocenters. The third kappa shape index (κ3) is 3.01. The molecule has 2 rings (SSSR count). The van der Waals surface area contributed by atoms with E-state index in [1.165, 1.54) is 12.3 Å². The number of hydrogen-bond donors (Lipinski definition) is 2. The number of halogens is 1. The molecule has 1 fully saturated rings. The fourth-order valence-corrected chi connectivity index (χ4v) is 2.50. The molecule has 0 aliphatic carbocycles. The molecule has 1 saturated heterocycles. The Morgan fingerprint density at radius 1 is 1.53 bits per heavy atom. The standard InChI is InChI=1S/C13H19FN2O/c1-2-3-11-4-5-12(16-11)13(17)9-6-10(14)8-15-7-9/h6-8,11-13,16-17H,2-5H2,1H3/t11-,12-,13?/m1/s1. The first kappa shape index (κ1) is 12.5. The van der Waals surface area contributed by atoms with E-state index in [1.807, 2.05) is 0 Å². The largest absolute Gasteiger partial charge is 0.387 e. The lowest BCUT2D eigenvalue weighted by molar-refractivity contribution is 0.134. The minimum Gasteiger partial charge on any atom is -0.387 e. The zero-order valence-electron chi connectivity index (χ0n) is 10.1. The fraction of sp³-hybridized carbons (Fsp3) is 0.615. The van der Waals surface area contributed by atoms with E-state index in [9.17, 15) is 9.50 Å². The maximum absolute atomic E-state index is 13.0. The second-order valence-corrected chi connectivity index (χ2v) is 4.72. The number of pyridine rings is 1. The summed E-state index contributed by atoms with van der Waals surface area (Å²) in [5.41, 5.74) is 0.555. The Morgan fingerprint density at radius 3 is 3.06 bits per heavy atom. The minimum absolute atomic E-state index is 0.0233. The molecule has 0 aromatic carbocycles. The average molecular weight is 238 g/mol. The van der Waals surface area contributed by atoms with Crippen LogP contribution < -0.4 is 5.32 Å². The second-order valence-electron chi connectivity index (χ2n) is 4.72. The number of nitrogens with zero attached hydrogens (tertiary/aromatic N) is 1. The van der Waals surface area contributed by atoms with Crippen LogP contribution in [-0.4, -0.2) is 22.2 Å². The van der Waals surface area contributed by atoms with E-state index in [1.54, 1.807) is 0 Å². The van der Waals surface area contributed by atoms with Gasteiger partial charge < -0.3 is 10.4 Å². The summed E-state index contributed by atoms with van der Waals surface area (Å²) in [5.74, 6) is -0.398. The summed E-state index contributed by atoms with van der Waals surface area (Å²) < 4.78 is 13.0. The van der Waals surface area contributed by atoms with Crippen LogP contribution in [0.25, 0.3) is 0 Å². The third-order valence-electron chi connectivity index (χ3n) is 3.36. The highest BCUT2D eigenvalue weighted by atomic mass is 19.1. The van der Waals surface area contributed by atoms with Gasteiger partial charge in [-0.25, -0.2) is 4.39 Å². The van der Waals surface area contributed by atoms with Crippen LogP contribution in [0.3, 0.4) is 0 Å². The van der Waals surface area contributed by atoms with E-state index in [2.05, 4.69) is 17.2 Å². The molecule has 1 aliphatic heterocycles. The summed E-state index contributed by atoms with van der Waals surface area (Å²) in [6.07, 6.45) is 6.30. The molecule has 1 aliphatic rings. The van der Waals surface area contributed by atoms with E-state index < -0.39 is 11.9 Å². The van der Waals surface area contributed by atoms with Gasteiger partial charge in [-0.1, -0.05) is 13.3 Å². The number of nitrogens with one attached hydrogen (secondary N) is 1. The first-order chi connectivity index (χ1) is 8.20. The van der Waals surface area contributed by atoms with Crippen molar-refractivity contribution < 1.29 is 9.50 Å². The Labute approximate surface area is 101 Å². The quantitative estimate of drug-likeness (QED) is 0.845. The van der Waals surface area contributed by atoms with Gasteiger partial charge in [0.15, 0.2) is 0 Å². The van der Waals surface area contributed by atoms with Crippen molar-refractivity contribution in [2.45, 2.75) is 50.8 Å². The number of rotatable bonds is 4. The molecule has 4 heteroatoms.